The van der Waals surface area contributed by atoms with Crippen molar-refractivity contribution in [1.82, 2.24) is 9.97 Å². The molecule has 1 aromatic carbocycles. The lowest BCUT2D eigenvalue weighted by Crippen LogP contribution is -2.23. The van der Waals surface area contributed by atoms with Crippen LogP contribution in [-0.2, 0) is 5.88 Å². The van der Waals surface area contributed by atoms with Crippen LogP contribution in [0.5, 0.6) is 0 Å². The minimum absolute atomic E-state index is 0.138. The van der Waals surface area contributed by atoms with Crippen molar-refractivity contribution in [3.63, 3.8) is 0 Å². The first-order valence-corrected chi connectivity index (χ1v) is 6.51. The van der Waals surface area contributed by atoms with E-state index in [1.165, 1.54) is 6.07 Å². The Kier molecular flexibility index (Phi) is 4.32. The molecule has 19 heavy (non-hydrogen) atoms. The fourth-order valence-electron chi connectivity index (χ4n) is 1.85. The van der Waals surface area contributed by atoms with Gasteiger partial charge in [-0.1, -0.05) is 18.2 Å². The van der Waals surface area contributed by atoms with Gasteiger partial charge in [0.25, 0.3) is 0 Å². The van der Waals surface area contributed by atoms with Crippen molar-refractivity contribution in [2.75, 3.05) is 11.9 Å². The summed E-state index contributed by atoms with van der Waals surface area (Å²) in [6, 6.07) is 6.60. The standard InChI is InChI=1S/C14H15ClFN3/c1-10(12-5-3-4-6-13(12)16)19(2)14-9-17-8-11(7-15)18-14/h3-6,8-10H,7H2,1-2H3. The quantitative estimate of drug-likeness (QED) is 0.802. The molecular weight excluding hydrogens is 265 g/mol. The topological polar surface area (TPSA) is 29.0 Å². The minimum atomic E-state index is -0.219. The van der Waals surface area contributed by atoms with Crippen LogP contribution in [0.1, 0.15) is 24.2 Å². The van der Waals surface area contributed by atoms with Gasteiger partial charge in [-0.25, -0.2) is 9.37 Å². The van der Waals surface area contributed by atoms with Gasteiger partial charge in [0, 0.05) is 18.8 Å². The molecule has 0 aliphatic rings. The molecular formula is C14H15ClFN3. The Morgan fingerprint density at radius 2 is 2.05 bits per heavy atom. The molecule has 3 nitrogen and oxygen atoms in total. The number of halogens is 2. The normalized spacial score (nSPS) is 12.2. The van der Waals surface area contributed by atoms with E-state index in [0.717, 1.165) is 0 Å². The first-order valence-electron chi connectivity index (χ1n) is 5.97. The summed E-state index contributed by atoms with van der Waals surface area (Å²) in [6.07, 6.45) is 3.27. The molecule has 100 valence electrons. The summed E-state index contributed by atoms with van der Waals surface area (Å²) in [7, 11) is 1.86. The van der Waals surface area contributed by atoms with Crippen molar-refractivity contribution in [2.24, 2.45) is 0 Å². The van der Waals surface area contributed by atoms with Crippen LogP contribution in [0.2, 0.25) is 0 Å². The summed E-state index contributed by atoms with van der Waals surface area (Å²) in [5, 5.41) is 0. The summed E-state index contributed by atoms with van der Waals surface area (Å²) in [5.74, 6) is 0.764. The SMILES string of the molecule is CC(c1ccccc1F)N(C)c1cncc(CCl)n1. The molecule has 0 saturated carbocycles. The number of aromatic nitrogens is 2. The first kappa shape index (κ1) is 13.7. The van der Waals surface area contributed by atoms with Gasteiger partial charge in [0.15, 0.2) is 0 Å². The molecule has 0 N–H and O–H groups in total. The van der Waals surface area contributed by atoms with E-state index in [-0.39, 0.29) is 11.9 Å². The highest BCUT2D eigenvalue weighted by Crippen LogP contribution is 2.25. The summed E-state index contributed by atoms with van der Waals surface area (Å²) in [4.78, 5) is 10.3. The van der Waals surface area contributed by atoms with Crippen LogP contribution in [-0.4, -0.2) is 17.0 Å². The lowest BCUT2D eigenvalue weighted by molar-refractivity contribution is 0.583. The fourth-order valence-corrected chi connectivity index (χ4v) is 1.98. The van der Waals surface area contributed by atoms with Gasteiger partial charge in [0.2, 0.25) is 0 Å². The van der Waals surface area contributed by atoms with Crippen LogP contribution in [0.3, 0.4) is 0 Å². The van der Waals surface area contributed by atoms with E-state index in [1.807, 2.05) is 24.9 Å². The van der Waals surface area contributed by atoms with Gasteiger partial charge in [-0.3, -0.25) is 4.98 Å². The third kappa shape index (κ3) is 3.01. The molecule has 0 spiro atoms. The van der Waals surface area contributed by atoms with Crippen LogP contribution < -0.4 is 4.90 Å². The smallest absolute Gasteiger partial charge is 0.147 e. The Labute approximate surface area is 117 Å². The van der Waals surface area contributed by atoms with Gasteiger partial charge in [0.1, 0.15) is 11.6 Å². The second-order valence-corrected chi connectivity index (χ2v) is 4.58. The van der Waals surface area contributed by atoms with Gasteiger partial charge in [-0.15, -0.1) is 11.6 Å². The first-order chi connectivity index (χ1) is 9.13. The Morgan fingerprint density at radius 1 is 1.32 bits per heavy atom. The average Bonchev–Trinajstić information content (AvgIpc) is 2.46. The fraction of sp³-hybridized carbons (Fsp3) is 0.286. The summed E-state index contributed by atoms with van der Waals surface area (Å²) in [5.41, 5.74) is 1.33. The summed E-state index contributed by atoms with van der Waals surface area (Å²) in [6.45, 7) is 1.92. The highest BCUT2D eigenvalue weighted by molar-refractivity contribution is 6.16. The van der Waals surface area contributed by atoms with Crippen LogP contribution in [0.25, 0.3) is 0 Å². The molecule has 2 aromatic rings. The lowest BCUT2D eigenvalue weighted by atomic mass is 10.1. The van der Waals surface area contributed by atoms with Gasteiger partial charge in [-0.05, 0) is 13.0 Å². The maximum Gasteiger partial charge on any atom is 0.147 e. The van der Waals surface area contributed by atoms with E-state index in [9.17, 15) is 4.39 Å². The molecule has 0 saturated heterocycles. The molecule has 2 rings (SSSR count). The van der Waals surface area contributed by atoms with Crippen LogP contribution in [0.4, 0.5) is 10.2 Å². The van der Waals surface area contributed by atoms with E-state index < -0.39 is 0 Å². The molecule has 0 fully saturated rings. The predicted octanol–water partition coefficient (Wildman–Crippen LogP) is 3.55. The van der Waals surface area contributed by atoms with E-state index in [4.69, 9.17) is 11.6 Å². The second-order valence-electron chi connectivity index (χ2n) is 4.31. The van der Waals surface area contributed by atoms with Gasteiger partial charge < -0.3 is 4.90 Å². The van der Waals surface area contributed by atoms with Gasteiger partial charge in [-0.2, -0.15) is 0 Å². The number of nitrogens with zero attached hydrogens (tertiary/aromatic N) is 3. The molecule has 1 unspecified atom stereocenters. The van der Waals surface area contributed by atoms with Crippen molar-refractivity contribution in [1.29, 1.82) is 0 Å². The molecule has 0 aliphatic heterocycles. The number of hydrogen-bond acceptors (Lipinski definition) is 3. The third-order valence-corrected chi connectivity index (χ3v) is 3.38. The van der Waals surface area contributed by atoms with Crippen LogP contribution in [0.15, 0.2) is 36.7 Å². The molecule has 0 radical (unpaired) electrons. The van der Waals surface area contributed by atoms with Crippen molar-refractivity contribution < 1.29 is 4.39 Å². The highest BCUT2D eigenvalue weighted by atomic mass is 35.5. The van der Waals surface area contributed by atoms with Crippen molar-refractivity contribution in [3.05, 3.63) is 53.7 Å². The van der Waals surface area contributed by atoms with E-state index in [0.29, 0.717) is 23.0 Å². The lowest BCUT2D eigenvalue weighted by Gasteiger charge is -2.26. The maximum atomic E-state index is 13.8. The minimum Gasteiger partial charge on any atom is -0.352 e. The predicted molar refractivity (Wildman–Crippen MR) is 74.8 cm³/mol. The number of rotatable bonds is 4. The zero-order chi connectivity index (χ0) is 13.8. The van der Waals surface area contributed by atoms with Gasteiger partial charge in [0.05, 0.1) is 23.8 Å². The van der Waals surface area contributed by atoms with Crippen molar-refractivity contribution in [2.45, 2.75) is 18.8 Å². The maximum absolute atomic E-state index is 13.8. The monoisotopic (exact) mass is 279 g/mol. The second kappa shape index (κ2) is 5.97. The number of benzene rings is 1. The zero-order valence-electron chi connectivity index (χ0n) is 10.8. The summed E-state index contributed by atoms with van der Waals surface area (Å²) >= 11 is 5.74. The number of hydrogen-bond donors (Lipinski definition) is 0. The van der Waals surface area contributed by atoms with E-state index in [1.54, 1.807) is 24.5 Å². The number of alkyl halides is 1. The van der Waals surface area contributed by atoms with Crippen molar-refractivity contribution in [3.8, 4) is 0 Å². The molecule has 1 aromatic heterocycles. The molecule has 1 heterocycles. The molecule has 0 aliphatic carbocycles. The highest BCUT2D eigenvalue weighted by Gasteiger charge is 2.17. The third-order valence-electron chi connectivity index (χ3n) is 3.11. The Morgan fingerprint density at radius 3 is 2.74 bits per heavy atom. The summed E-state index contributed by atoms with van der Waals surface area (Å²) < 4.78 is 13.8. The van der Waals surface area contributed by atoms with Gasteiger partial charge >= 0.3 is 0 Å². The Hall–Kier alpha value is -1.68. The van der Waals surface area contributed by atoms with E-state index in [2.05, 4.69) is 9.97 Å². The molecule has 0 bridgehead atoms. The molecule has 5 heteroatoms. The largest absolute Gasteiger partial charge is 0.352 e. The average molecular weight is 280 g/mol. The molecule has 0 amide bonds. The Balaban J connectivity index is 2.28. The van der Waals surface area contributed by atoms with Crippen LogP contribution >= 0.6 is 11.6 Å². The van der Waals surface area contributed by atoms with Crippen molar-refractivity contribution >= 4 is 17.4 Å². The van der Waals surface area contributed by atoms with Crippen LogP contribution in [0, 0.1) is 5.82 Å². The number of anilines is 1. The molecule has 1 atom stereocenters. The van der Waals surface area contributed by atoms with E-state index >= 15 is 0 Å². The zero-order valence-corrected chi connectivity index (χ0v) is 11.6. The Bertz CT molecular complexity index is 562.